The molecular weight excluding hydrogens is 472 g/mol. The fourth-order valence-corrected chi connectivity index (χ4v) is 5.29. The molecule has 0 radical (unpaired) electrons. The van der Waals surface area contributed by atoms with Crippen LogP contribution < -0.4 is 4.72 Å². The second-order valence-electron chi connectivity index (χ2n) is 9.31. The van der Waals surface area contributed by atoms with Crippen LogP contribution in [-0.4, -0.2) is 48.5 Å². The molecule has 0 spiro atoms. The van der Waals surface area contributed by atoms with E-state index in [1.807, 2.05) is 42.5 Å². The van der Waals surface area contributed by atoms with E-state index in [2.05, 4.69) is 26.7 Å². The van der Waals surface area contributed by atoms with Gasteiger partial charge in [-0.3, -0.25) is 9.62 Å². The monoisotopic (exact) mass is 502 g/mol. The van der Waals surface area contributed by atoms with Gasteiger partial charge in [0.2, 0.25) is 10.0 Å². The zero-order valence-corrected chi connectivity index (χ0v) is 21.1. The Balaban J connectivity index is 1.55. The molecule has 2 heterocycles. The Bertz CT molecular complexity index is 1490. The van der Waals surface area contributed by atoms with Gasteiger partial charge in [-0.1, -0.05) is 48.9 Å². The Morgan fingerprint density at radius 1 is 1.00 bits per heavy atom. The van der Waals surface area contributed by atoms with E-state index in [9.17, 15) is 13.5 Å². The summed E-state index contributed by atoms with van der Waals surface area (Å²) in [4.78, 5) is 10.4. The summed E-state index contributed by atoms with van der Waals surface area (Å²) in [5.74, 6) is -0.0224. The number of aromatic amines is 1. The second kappa shape index (κ2) is 10.2. The normalized spacial score (nSPS) is 15.3. The number of aliphatic imine (C=N–C) groups is 1. The predicted octanol–water partition coefficient (Wildman–Crippen LogP) is 5.40. The molecule has 1 aliphatic rings. The van der Waals surface area contributed by atoms with Gasteiger partial charge in [0.15, 0.2) is 5.88 Å². The predicted molar refractivity (Wildman–Crippen MR) is 146 cm³/mol. The van der Waals surface area contributed by atoms with Crippen LogP contribution in [0, 0.1) is 0 Å². The van der Waals surface area contributed by atoms with Crippen molar-refractivity contribution in [2.24, 2.45) is 4.99 Å². The number of nitrogens with zero attached hydrogens (tertiary/aromatic N) is 2. The average Bonchev–Trinajstić information content (AvgIpc) is 3.18. The van der Waals surface area contributed by atoms with Crippen LogP contribution in [0.15, 0.2) is 77.8 Å². The number of likely N-dealkylation sites (tertiary alicyclic amines) is 1. The number of benzene rings is 3. The first-order valence-electron chi connectivity index (χ1n) is 12.1. The quantitative estimate of drug-likeness (QED) is 0.295. The molecule has 0 amide bonds. The van der Waals surface area contributed by atoms with Gasteiger partial charge in [-0.2, -0.15) is 0 Å². The molecule has 5 rings (SSSR count). The van der Waals surface area contributed by atoms with Crippen molar-refractivity contribution in [2.45, 2.75) is 25.8 Å². The highest BCUT2D eigenvalue weighted by Crippen LogP contribution is 2.33. The molecule has 1 fully saturated rings. The van der Waals surface area contributed by atoms with Crippen molar-refractivity contribution in [3.63, 3.8) is 0 Å². The van der Waals surface area contributed by atoms with Crippen molar-refractivity contribution in [1.29, 1.82) is 0 Å². The van der Waals surface area contributed by atoms with Gasteiger partial charge in [0.25, 0.3) is 0 Å². The molecule has 0 unspecified atom stereocenters. The van der Waals surface area contributed by atoms with Gasteiger partial charge in [-0.25, -0.2) is 13.4 Å². The summed E-state index contributed by atoms with van der Waals surface area (Å²) in [7, 11) is -3.44. The highest BCUT2D eigenvalue weighted by atomic mass is 32.2. The van der Waals surface area contributed by atoms with Gasteiger partial charge in [0.05, 0.1) is 23.2 Å². The standard InChI is InChI=1S/C28H30N4O3S/c1-36(34,35)31-23-14-15-25-24(18-23)26(28(33)30-25)27(21-8-4-2-5-9-21)29-22-12-10-20(11-13-22)19-32-16-6-3-7-17-32/h2,4-5,8-15,18,30-31,33H,3,6-7,16-17,19H2,1H3. The first-order valence-corrected chi connectivity index (χ1v) is 14.0. The molecule has 0 bridgehead atoms. The summed E-state index contributed by atoms with van der Waals surface area (Å²) < 4.78 is 26.1. The Kier molecular flexibility index (Phi) is 6.80. The molecule has 0 aliphatic carbocycles. The number of rotatable bonds is 7. The minimum atomic E-state index is -3.44. The van der Waals surface area contributed by atoms with Crippen molar-refractivity contribution in [3.05, 3.63) is 89.5 Å². The minimum Gasteiger partial charge on any atom is -0.494 e. The van der Waals surface area contributed by atoms with Crippen LogP contribution in [0.5, 0.6) is 5.88 Å². The highest BCUT2D eigenvalue weighted by molar-refractivity contribution is 7.92. The van der Waals surface area contributed by atoms with Gasteiger partial charge in [0, 0.05) is 28.7 Å². The third-order valence-corrected chi connectivity index (χ3v) is 7.00. The molecular formula is C28H30N4O3S. The zero-order valence-electron chi connectivity index (χ0n) is 20.2. The number of sulfonamides is 1. The number of anilines is 1. The van der Waals surface area contributed by atoms with Crippen LogP contribution in [0.4, 0.5) is 11.4 Å². The number of hydrogen-bond donors (Lipinski definition) is 3. The Hall–Kier alpha value is -3.62. The van der Waals surface area contributed by atoms with Crippen LogP contribution in [0.1, 0.15) is 36.0 Å². The molecule has 1 saturated heterocycles. The number of aromatic hydroxyl groups is 1. The van der Waals surface area contributed by atoms with Crippen LogP contribution >= 0.6 is 0 Å². The summed E-state index contributed by atoms with van der Waals surface area (Å²) in [6, 6.07) is 23.0. The van der Waals surface area contributed by atoms with E-state index in [0.717, 1.165) is 37.1 Å². The van der Waals surface area contributed by atoms with Gasteiger partial charge in [-0.05, 0) is 61.8 Å². The largest absolute Gasteiger partial charge is 0.494 e. The lowest BCUT2D eigenvalue weighted by Crippen LogP contribution is -2.28. The number of fused-ring (bicyclic) bond motifs is 1. The molecule has 0 atom stereocenters. The maximum atomic E-state index is 11.8. The van der Waals surface area contributed by atoms with Gasteiger partial charge < -0.3 is 10.1 Å². The topological polar surface area (TPSA) is 97.8 Å². The third kappa shape index (κ3) is 5.61. The molecule has 0 saturated carbocycles. The van der Waals surface area contributed by atoms with E-state index in [0.29, 0.717) is 27.9 Å². The lowest BCUT2D eigenvalue weighted by molar-refractivity contribution is 0.221. The van der Waals surface area contributed by atoms with Crippen molar-refractivity contribution in [3.8, 4) is 5.88 Å². The Labute approximate surface area is 211 Å². The summed E-state index contributed by atoms with van der Waals surface area (Å²) >= 11 is 0. The van der Waals surface area contributed by atoms with E-state index in [1.165, 1.54) is 24.8 Å². The average molecular weight is 503 g/mol. The van der Waals surface area contributed by atoms with Crippen molar-refractivity contribution >= 4 is 38.0 Å². The molecule has 4 aromatic rings. The van der Waals surface area contributed by atoms with Crippen molar-refractivity contribution < 1.29 is 13.5 Å². The fourth-order valence-electron chi connectivity index (χ4n) is 4.74. The second-order valence-corrected chi connectivity index (χ2v) is 11.1. The van der Waals surface area contributed by atoms with E-state index in [1.54, 1.807) is 18.2 Å². The lowest BCUT2D eigenvalue weighted by Gasteiger charge is -2.26. The molecule has 8 heteroatoms. The number of hydrogen-bond acceptors (Lipinski definition) is 5. The summed E-state index contributed by atoms with van der Waals surface area (Å²) in [6.07, 6.45) is 4.95. The molecule has 1 aromatic heterocycles. The van der Waals surface area contributed by atoms with Gasteiger partial charge >= 0.3 is 0 Å². The molecule has 186 valence electrons. The summed E-state index contributed by atoms with van der Waals surface area (Å²) in [6.45, 7) is 3.23. The first-order chi connectivity index (χ1) is 17.4. The first kappa shape index (κ1) is 24.1. The van der Waals surface area contributed by atoms with E-state index < -0.39 is 10.0 Å². The highest BCUT2D eigenvalue weighted by Gasteiger charge is 2.19. The van der Waals surface area contributed by atoms with Crippen molar-refractivity contribution in [1.82, 2.24) is 9.88 Å². The molecule has 36 heavy (non-hydrogen) atoms. The smallest absolute Gasteiger partial charge is 0.229 e. The van der Waals surface area contributed by atoms with Crippen LogP contribution in [0.25, 0.3) is 10.9 Å². The third-order valence-electron chi connectivity index (χ3n) is 6.40. The Morgan fingerprint density at radius 2 is 1.72 bits per heavy atom. The molecule has 1 aliphatic heterocycles. The minimum absolute atomic E-state index is 0.0224. The van der Waals surface area contributed by atoms with Gasteiger partial charge in [-0.15, -0.1) is 0 Å². The number of aromatic nitrogens is 1. The summed E-state index contributed by atoms with van der Waals surface area (Å²) in [5, 5.41) is 11.6. The Morgan fingerprint density at radius 3 is 2.42 bits per heavy atom. The molecule has 7 nitrogen and oxygen atoms in total. The number of H-pyrrole nitrogens is 1. The van der Waals surface area contributed by atoms with E-state index in [4.69, 9.17) is 4.99 Å². The zero-order chi connectivity index (χ0) is 25.1. The van der Waals surface area contributed by atoms with Gasteiger partial charge in [0.1, 0.15) is 0 Å². The van der Waals surface area contributed by atoms with Crippen LogP contribution in [0.2, 0.25) is 0 Å². The molecule has 3 N–H and O–H groups in total. The summed E-state index contributed by atoms with van der Waals surface area (Å²) in [5.41, 5.74) is 5.08. The van der Waals surface area contributed by atoms with E-state index >= 15 is 0 Å². The lowest BCUT2D eigenvalue weighted by atomic mass is 10.0. The van der Waals surface area contributed by atoms with Crippen LogP contribution in [-0.2, 0) is 16.6 Å². The number of piperidine rings is 1. The maximum Gasteiger partial charge on any atom is 0.229 e. The number of nitrogens with one attached hydrogen (secondary N) is 2. The van der Waals surface area contributed by atoms with Crippen molar-refractivity contribution in [2.75, 3.05) is 24.1 Å². The maximum absolute atomic E-state index is 11.8. The molecule has 3 aromatic carbocycles. The SMILES string of the molecule is CS(=O)(=O)Nc1ccc2[nH]c(O)c(C(=Nc3ccc(CN4CCCCC4)cc3)c3ccccc3)c2c1. The van der Waals surface area contributed by atoms with Crippen LogP contribution in [0.3, 0.4) is 0 Å². The fraction of sp³-hybridized carbons (Fsp3) is 0.250. The van der Waals surface area contributed by atoms with E-state index in [-0.39, 0.29) is 5.88 Å².